The molecule has 0 bridgehead atoms. The maximum Gasteiger partial charge on any atom is 0.407 e. The Morgan fingerprint density at radius 2 is 2.16 bits per heavy atom. The van der Waals surface area contributed by atoms with Crippen LogP contribution in [0.4, 0.5) is 9.18 Å². The summed E-state index contributed by atoms with van der Waals surface area (Å²) in [5.74, 6) is -0.287. The number of halogens is 1. The van der Waals surface area contributed by atoms with Gasteiger partial charge in [-0.3, -0.25) is 0 Å². The summed E-state index contributed by atoms with van der Waals surface area (Å²) in [5, 5.41) is 2.59. The van der Waals surface area contributed by atoms with E-state index in [0.29, 0.717) is 6.42 Å². The van der Waals surface area contributed by atoms with Crippen molar-refractivity contribution in [3.8, 4) is 0 Å². The van der Waals surface area contributed by atoms with Gasteiger partial charge in [0.25, 0.3) is 0 Å². The Kier molecular flexibility index (Phi) is 5.30. The predicted octanol–water partition coefficient (Wildman–Crippen LogP) is 2.22. The Bertz CT molecular complexity index is 430. The highest BCUT2D eigenvalue weighted by atomic mass is 19.1. The van der Waals surface area contributed by atoms with E-state index in [1.807, 2.05) is 0 Å². The maximum absolute atomic E-state index is 13.0. The fourth-order valence-corrected chi connectivity index (χ4v) is 1.57. The minimum absolute atomic E-state index is 0.283. The summed E-state index contributed by atoms with van der Waals surface area (Å²) in [6.45, 7) is 5.66. The molecular weight excluding hydrogens is 247 g/mol. The van der Waals surface area contributed by atoms with Crippen LogP contribution in [0.15, 0.2) is 24.3 Å². The molecule has 0 fully saturated rings. The van der Waals surface area contributed by atoms with Crippen molar-refractivity contribution in [2.24, 2.45) is 5.73 Å². The van der Waals surface area contributed by atoms with E-state index in [0.717, 1.165) is 5.56 Å². The van der Waals surface area contributed by atoms with Gasteiger partial charge in [-0.05, 0) is 44.9 Å². The molecule has 3 N–H and O–H groups in total. The summed E-state index contributed by atoms with van der Waals surface area (Å²) in [4.78, 5) is 11.4. The van der Waals surface area contributed by atoms with Crippen molar-refractivity contribution >= 4 is 6.09 Å². The van der Waals surface area contributed by atoms with E-state index in [-0.39, 0.29) is 18.4 Å². The number of hydrogen-bond donors (Lipinski definition) is 2. The molecular formula is C14H21FN2O2. The number of amides is 1. The quantitative estimate of drug-likeness (QED) is 0.880. The fourth-order valence-electron chi connectivity index (χ4n) is 1.57. The van der Waals surface area contributed by atoms with Crippen LogP contribution in [-0.2, 0) is 11.2 Å². The molecule has 0 heterocycles. The first kappa shape index (κ1) is 15.4. The summed E-state index contributed by atoms with van der Waals surface area (Å²) in [5.41, 5.74) is 6.15. The smallest absolute Gasteiger partial charge is 0.407 e. The van der Waals surface area contributed by atoms with Gasteiger partial charge in [0.2, 0.25) is 0 Å². The van der Waals surface area contributed by atoms with Crippen molar-refractivity contribution in [1.82, 2.24) is 5.32 Å². The van der Waals surface area contributed by atoms with E-state index in [9.17, 15) is 9.18 Å². The molecule has 0 unspecified atom stereocenters. The third kappa shape index (κ3) is 6.76. The molecule has 106 valence electrons. The average Bonchev–Trinajstić information content (AvgIpc) is 2.24. The number of alkyl carbamates (subject to hydrolysis) is 1. The Labute approximate surface area is 113 Å². The van der Waals surface area contributed by atoms with Gasteiger partial charge < -0.3 is 15.8 Å². The molecule has 1 aromatic carbocycles. The van der Waals surface area contributed by atoms with Gasteiger partial charge >= 0.3 is 6.09 Å². The van der Waals surface area contributed by atoms with E-state index < -0.39 is 11.7 Å². The number of ether oxygens (including phenoxy) is 1. The molecule has 0 aromatic heterocycles. The molecule has 19 heavy (non-hydrogen) atoms. The Morgan fingerprint density at radius 1 is 1.47 bits per heavy atom. The number of carbonyl (C=O) groups is 1. The molecule has 1 aromatic rings. The zero-order valence-electron chi connectivity index (χ0n) is 11.6. The van der Waals surface area contributed by atoms with E-state index in [4.69, 9.17) is 10.5 Å². The predicted molar refractivity (Wildman–Crippen MR) is 72.3 cm³/mol. The third-order valence-electron chi connectivity index (χ3n) is 2.29. The fraction of sp³-hybridized carbons (Fsp3) is 0.500. The van der Waals surface area contributed by atoms with Crippen LogP contribution in [0.1, 0.15) is 26.3 Å². The lowest BCUT2D eigenvalue weighted by molar-refractivity contribution is 0.0524. The van der Waals surface area contributed by atoms with Crippen LogP contribution in [0.2, 0.25) is 0 Å². The second-order valence-corrected chi connectivity index (χ2v) is 5.48. The van der Waals surface area contributed by atoms with Gasteiger partial charge in [-0.2, -0.15) is 0 Å². The second kappa shape index (κ2) is 6.52. The number of nitrogens with one attached hydrogen (secondary N) is 1. The summed E-state index contributed by atoms with van der Waals surface area (Å²) >= 11 is 0. The number of hydrogen-bond acceptors (Lipinski definition) is 3. The van der Waals surface area contributed by atoms with E-state index in [1.165, 1.54) is 12.1 Å². The summed E-state index contributed by atoms with van der Waals surface area (Å²) < 4.78 is 18.1. The van der Waals surface area contributed by atoms with Crippen molar-refractivity contribution in [1.29, 1.82) is 0 Å². The Hall–Kier alpha value is -1.62. The molecule has 0 aliphatic carbocycles. The van der Waals surface area contributed by atoms with Crippen LogP contribution in [0.3, 0.4) is 0 Å². The highest BCUT2D eigenvalue weighted by Gasteiger charge is 2.16. The molecule has 0 saturated carbocycles. The monoisotopic (exact) mass is 268 g/mol. The SMILES string of the molecule is CC(C)(C)OC(=O)NC[C@@H](N)Cc1cccc(F)c1. The summed E-state index contributed by atoms with van der Waals surface area (Å²) in [6, 6.07) is 5.98. The van der Waals surface area contributed by atoms with E-state index >= 15 is 0 Å². The Morgan fingerprint density at radius 3 is 2.74 bits per heavy atom. The van der Waals surface area contributed by atoms with Gasteiger partial charge in [0.05, 0.1) is 0 Å². The summed E-state index contributed by atoms with van der Waals surface area (Å²) in [6.07, 6.45) is -0.00436. The average molecular weight is 268 g/mol. The highest BCUT2D eigenvalue weighted by molar-refractivity contribution is 5.67. The minimum Gasteiger partial charge on any atom is -0.444 e. The lowest BCUT2D eigenvalue weighted by atomic mass is 10.1. The number of carbonyl (C=O) groups excluding carboxylic acids is 1. The van der Waals surface area contributed by atoms with E-state index in [2.05, 4.69) is 5.32 Å². The van der Waals surface area contributed by atoms with Gasteiger partial charge in [0, 0.05) is 12.6 Å². The topological polar surface area (TPSA) is 64.3 Å². The molecule has 0 aliphatic rings. The first-order valence-corrected chi connectivity index (χ1v) is 6.23. The standard InChI is InChI=1S/C14H21FN2O2/c1-14(2,3)19-13(18)17-9-12(16)8-10-5-4-6-11(15)7-10/h4-7,12H,8-9,16H2,1-3H3,(H,17,18)/t12-/m0/s1. The van der Waals surface area contributed by atoms with Crippen LogP contribution >= 0.6 is 0 Å². The maximum atomic E-state index is 13.0. The van der Waals surface area contributed by atoms with Gasteiger partial charge in [-0.1, -0.05) is 12.1 Å². The van der Waals surface area contributed by atoms with Crippen LogP contribution in [0.25, 0.3) is 0 Å². The molecule has 0 saturated heterocycles. The molecule has 0 spiro atoms. The van der Waals surface area contributed by atoms with Crippen LogP contribution < -0.4 is 11.1 Å². The number of nitrogens with two attached hydrogens (primary N) is 1. The number of rotatable bonds is 4. The molecule has 0 radical (unpaired) electrons. The molecule has 1 amide bonds. The van der Waals surface area contributed by atoms with Gasteiger partial charge in [-0.15, -0.1) is 0 Å². The van der Waals surface area contributed by atoms with E-state index in [1.54, 1.807) is 32.9 Å². The normalized spacial score (nSPS) is 12.9. The first-order chi connectivity index (χ1) is 8.76. The third-order valence-corrected chi connectivity index (χ3v) is 2.29. The zero-order valence-corrected chi connectivity index (χ0v) is 11.6. The molecule has 1 atom stereocenters. The van der Waals surface area contributed by atoms with Crippen molar-refractivity contribution in [3.63, 3.8) is 0 Å². The molecule has 0 aliphatic heterocycles. The lowest BCUT2D eigenvalue weighted by Crippen LogP contribution is -2.41. The van der Waals surface area contributed by atoms with Gasteiger partial charge in [-0.25, -0.2) is 9.18 Å². The van der Waals surface area contributed by atoms with Crippen molar-refractivity contribution in [3.05, 3.63) is 35.6 Å². The van der Waals surface area contributed by atoms with Crippen LogP contribution in [0.5, 0.6) is 0 Å². The van der Waals surface area contributed by atoms with Crippen molar-refractivity contribution in [2.45, 2.75) is 38.8 Å². The molecule has 1 rings (SSSR count). The second-order valence-electron chi connectivity index (χ2n) is 5.48. The summed E-state index contributed by atoms with van der Waals surface area (Å²) in [7, 11) is 0. The molecule has 4 nitrogen and oxygen atoms in total. The molecule has 5 heteroatoms. The van der Waals surface area contributed by atoms with Gasteiger partial charge in [0.1, 0.15) is 11.4 Å². The lowest BCUT2D eigenvalue weighted by Gasteiger charge is -2.20. The van der Waals surface area contributed by atoms with Gasteiger partial charge in [0.15, 0.2) is 0 Å². The first-order valence-electron chi connectivity index (χ1n) is 6.23. The van der Waals surface area contributed by atoms with Crippen molar-refractivity contribution in [2.75, 3.05) is 6.54 Å². The van der Waals surface area contributed by atoms with Crippen molar-refractivity contribution < 1.29 is 13.9 Å². The highest BCUT2D eigenvalue weighted by Crippen LogP contribution is 2.07. The largest absolute Gasteiger partial charge is 0.444 e. The number of benzene rings is 1. The van der Waals surface area contributed by atoms with Crippen LogP contribution in [0, 0.1) is 5.82 Å². The Balaban J connectivity index is 2.36. The van der Waals surface area contributed by atoms with Crippen LogP contribution in [-0.4, -0.2) is 24.3 Å². The zero-order chi connectivity index (χ0) is 14.5. The minimum atomic E-state index is -0.531.